The molecular weight excluding hydrogens is 166 g/mol. The number of rotatable bonds is 5. The molecule has 0 fully saturated rings. The third kappa shape index (κ3) is 5.64. The molecule has 0 aromatic carbocycles. The van der Waals surface area contributed by atoms with Crippen LogP contribution in [0.5, 0.6) is 0 Å². The summed E-state index contributed by atoms with van der Waals surface area (Å²) in [6, 6.07) is 0. The second-order valence-electron chi connectivity index (χ2n) is 4.03. The second kappa shape index (κ2) is 5.97. The summed E-state index contributed by atoms with van der Waals surface area (Å²) in [5.74, 6) is 0.383. The second-order valence-corrected chi connectivity index (χ2v) is 4.03. The van der Waals surface area contributed by atoms with E-state index in [4.69, 9.17) is 0 Å². The normalized spacial score (nSPS) is 15.5. The maximum atomic E-state index is 11.1. The molecule has 0 spiro atoms. The molecule has 2 atom stereocenters. The van der Waals surface area contributed by atoms with Gasteiger partial charge < -0.3 is 10.4 Å². The van der Waals surface area contributed by atoms with Crippen molar-refractivity contribution in [1.82, 2.24) is 5.32 Å². The molecule has 0 aliphatic rings. The summed E-state index contributed by atoms with van der Waals surface area (Å²) in [6.45, 7) is 5.96. The van der Waals surface area contributed by atoms with E-state index in [9.17, 15) is 9.90 Å². The first kappa shape index (κ1) is 12.4. The van der Waals surface area contributed by atoms with Gasteiger partial charge in [-0.25, -0.2) is 0 Å². The molecule has 2 N–H and O–H groups in total. The van der Waals surface area contributed by atoms with Gasteiger partial charge in [-0.1, -0.05) is 20.8 Å². The Bertz CT molecular complexity index is 157. The highest BCUT2D eigenvalue weighted by molar-refractivity contribution is 5.77. The monoisotopic (exact) mass is 187 g/mol. The van der Waals surface area contributed by atoms with Crippen molar-refractivity contribution in [1.29, 1.82) is 0 Å². The maximum absolute atomic E-state index is 11.1. The molecule has 0 radical (unpaired) electrons. The number of amides is 1. The van der Waals surface area contributed by atoms with E-state index in [1.165, 1.54) is 0 Å². The number of carbonyl (C=O) groups is 1. The van der Waals surface area contributed by atoms with E-state index in [-0.39, 0.29) is 17.9 Å². The van der Waals surface area contributed by atoms with E-state index >= 15 is 0 Å². The lowest BCUT2D eigenvalue weighted by Gasteiger charge is -2.16. The van der Waals surface area contributed by atoms with Gasteiger partial charge >= 0.3 is 0 Å². The fourth-order valence-electron chi connectivity index (χ4n) is 1.40. The van der Waals surface area contributed by atoms with Gasteiger partial charge in [0.15, 0.2) is 0 Å². The van der Waals surface area contributed by atoms with Crippen molar-refractivity contribution < 1.29 is 9.90 Å². The van der Waals surface area contributed by atoms with Crippen LogP contribution in [0.1, 0.15) is 33.6 Å². The molecule has 78 valence electrons. The predicted octanol–water partition coefficient (Wildman–Crippen LogP) is 1.17. The molecule has 0 saturated heterocycles. The molecule has 3 heteroatoms. The Morgan fingerprint density at radius 3 is 2.23 bits per heavy atom. The van der Waals surface area contributed by atoms with Gasteiger partial charge in [0.1, 0.15) is 0 Å². The molecule has 0 aromatic heterocycles. The topological polar surface area (TPSA) is 49.3 Å². The smallest absolute Gasteiger partial charge is 0.222 e. The van der Waals surface area contributed by atoms with Crippen molar-refractivity contribution in [2.75, 3.05) is 7.05 Å². The number of carbonyl (C=O) groups excluding carboxylic acids is 1. The lowest BCUT2D eigenvalue weighted by molar-refractivity contribution is -0.125. The van der Waals surface area contributed by atoms with Crippen LogP contribution >= 0.6 is 0 Å². The van der Waals surface area contributed by atoms with Crippen LogP contribution in [0.4, 0.5) is 0 Å². The molecule has 0 unspecified atom stereocenters. The minimum Gasteiger partial charge on any atom is -0.393 e. The van der Waals surface area contributed by atoms with Gasteiger partial charge in [0.2, 0.25) is 5.91 Å². The Balaban J connectivity index is 3.77. The van der Waals surface area contributed by atoms with Crippen molar-refractivity contribution in [2.24, 2.45) is 11.8 Å². The molecule has 0 bridgehead atoms. The summed E-state index contributed by atoms with van der Waals surface area (Å²) in [5, 5.41) is 12.1. The van der Waals surface area contributed by atoms with Crippen molar-refractivity contribution in [3.8, 4) is 0 Å². The minimum absolute atomic E-state index is 0.00260. The van der Waals surface area contributed by atoms with Gasteiger partial charge in [-0.3, -0.25) is 4.79 Å². The maximum Gasteiger partial charge on any atom is 0.222 e. The predicted molar refractivity (Wildman–Crippen MR) is 53.3 cm³/mol. The van der Waals surface area contributed by atoms with E-state index in [1.807, 2.05) is 6.92 Å². The highest BCUT2D eigenvalue weighted by Gasteiger charge is 2.16. The highest BCUT2D eigenvalue weighted by Crippen LogP contribution is 2.13. The third-order valence-corrected chi connectivity index (χ3v) is 2.06. The standard InChI is InChI=1S/C10H21NO2/c1-7(2)5-9(12)6-8(3)10(13)11-4/h7-9,12H,5-6H2,1-4H3,(H,11,13)/t8-,9-/m1/s1. The fourth-order valence-corrected chi connectivity index (χ4v) is 1.40. The lowest BCUT2D eigenvalue weighted by atomic mass is 9.96. The zero-order valence-corrected chi connectivity index (χ0v) is 9.00. The molecule has 0 aliphatic heterocycles. The van der Waals surface area contributed by atoms with E-state index in [0.29, 0.717) is 12.3 Å². The molecule has 0 saturated carbocycles. The van der Waals surface area contributed by atoms with Gasteiger partial charge in [0.05, 0.1) is 6.10 Å². The van der Waals surface area contributed by atoms with Gasteiger partial charge in [-0.2, -0.15) is 0 Å². The minimum atomic E-state index is -0.354. The Hall–Kier alpha value is -0.570. The van der Waals surface area contributed by atoms with Crippen LogP contribution < -0.4 is 5.32 Å². The van der Waals surface area contributed by atoms with Crippen LogP contribution in [0.2, 0.25) is 0 Å². The summed E-state index contributed by atoms with van der Waals surface area (Å²) in [4.78, 5) is 11.1. The molecular formula is C10H21NO2. The first-order valence-electron chi connectivity index (χ1n) is 4.87. The average molecular weight is 187 g/mol. The molecule has 3 nitrogen and oxygen atoms in total. The summed E-state index contributed by atoms with van der Waals surface area (Å²) < 4.78 is 0. The first-order chi connectivity index (χ1) is 5.97. The van der Waals surface area contributed by atoms with E-state index in [0.717, 1.165) is 6.42 Å². The summed E-state index contributed by atoms with van der Waals surface area (Å²) in [7, 11) is 1.62. The van der Waals surface area contributed by atoms with Crippen molar-refractivity contribution >= 4 is 5.91 Å². The van der Waals surface area contributed by atoms with Gasteiger partial charge in [0, 0.05) is 13.0 Å². The van der Waals surface area contributed by atoms with Crippen LogP contribution in [0, 0.1) is 11.8 Å². The number of nitrogens with one attached hydrogen (secondary N) is 1. The zero-order chi connectivity index (χ0) is 10.4. The molecule has 0 rings (SSSR count). The quantitative estimate of drug-likeness (QED) is 0.678. The Morgan fingerprint density at radius 2 is 1.85 bits per heavy atom. The largest absolute Gasteiger partial charge is 0.393 e. The van der Waals surface area contributed by atoms with Crippen molar-refractivity contribution in [3.63, 3.8) is 0 Å². The van der Waals surface area contributed by atoms with Crippen LogP contribution in [0.3, 0.4) is 0 Å². The summed E-state index contributed by atoms with van der Waals surface area (Å²) >= 11 is 0. The van der Waals surface area contributed by atoms with Crippen LogP contribution in [-0.4, -0.2) is 24.2 Å². The molecule has 1 amide bonds. The Kier molecular flexibility index (Phi) is 5.71. The van der Waals surface area contributed by atoms with Crippen molar-refractivity contribution in [2.45, 2.75) is 39.7 Å². The van der Waals surface area contributed by atoms with Crippen molar-refractivity contribution in [3.05, 3.63) is 0 Å². The SMILES string of the molecule is CNC(=O)[C@H](C)C[C@H](O)CC(C)C. The van der Waals surface area contributed by atoms with Crippen LogP contribution in [0.15, 0.2) is 0 Å². The highest BCUT2D eigenvalue weighted by atomic mass is 16.3. The van der Waals surface area contributed by atoms with E-state index < -0.39 is 0 Å². The summed E-state index contributed by atoms with van der Waals surface area (Å²) in [5.41, 5.74) is 0. The zero-order valence-electron chi connectivity index (χ0n) is 9.00. The number of hydrogen-bond donors (Lipinski definition) is 2. The van der Waals surface area contributed by atoms with Crippen LogP contribution in [0.25, 0.3) is 0 Å². The number of aliphatic hydroxyl groups excluding tert-OH is 1. The van der Waals surface area contributed by atoms with Gasteiger partial charge in [-0.15, -0.1) is 0 Å². The van der Waals surface area contributed by atoms with Gasteiger partial charge in [-0.05, 0) is 18.8 Å². The van der Waals surface area contributed by atoms with E-state index in [1.54, 1.807) is 7.05 Å². The molecule has 0 heterocycles. The van der Waals surface area contributed by atoms with E-state index in [2.05, 4.69) is 19.2 Å². The Morgan fingerprint density at radius 1 is 1.31 bits per heavy atom. The lowest BCUT2D eigenvalue weighted by Crippen LogP contribution is -2.28. The van der Waals surface area contributed by atoms with Crippen LogP contribution in [-0.2, 0) is 4.79 Å². The first-order valence-corrected chi connectivity index (χ1v) is 4.87. The molecule has 13 heavy (non-hydrogen) atoms. The fraction of sp³-hybridized carbons (Fsp3) is 0.900. The molecule has 0 aliphatic carbocycles. The Labute approximate surface area is 80.5 Å². The number of aliphatic hydroxyl groups is 1. The average Bonchev–Trinajstić information content (AvgIpc) is 2.01. The number of hydrogen-bond acceptors (Lipinski definition) is 2. The van der Waals surface area contributed by atoms with Gasteiger partial charge in [0.25, 0.3) is 0 Å². The third-order valence-electron chi connectivity index (χ3n) is 2.06. The summed E-state index contributed by atoms with van der Waals surface area (Å²) in [6.07, 6.45) is 0.964. The molecule has 0 aromatic rings.